The molecule has 2 nitrogen and oxygen atoms in total. The number of aryl methyl sites for hydroxylation is 3. The van der Waals surface area contributed by atoms with Crippen LogP contribution in [0.25, 0.3) is 0 Å². The average molecular weight is 477 g/mol. The maximum atomic E-state index is 13.5. The van der Waals surface area contributed by atoms with Crippen LogP contribution in [0.2, 0.25) is 0 Å². The van der Waals surface area contributed by atoms with Gasteiger partial charge in [0.25, 0.3) is 0 Å². The fourth-order valence-electron chi connectivity index (χ4n) is 3.87. The molecule has 2 atom stereocenters. The summed E-state index contributed by atoms with van der Waals surface area (Å²) in [4.78, 5) is 2.37. The van der Waals surface area contributed by atoms with Gasteiger partial charge in [-0.15, -0.1) is 11.3 Å². The topological polar surface area (TPSA) is 24.1 Å². The van der Waals surface area contributed by atoms with Gasteiger partial charge in [-0.2, -0.15) is 13.2 Å². The second kappa shape index (κ2) is 10.5. The van der Waals surface area contributed by atoms with Crippen LogP contribution in [0.15, 0.2) is 66.9 Å². The van der Waals surface area contributed by atoms with Gasteiger partial charge in [-0.3, -0.25) is 5.32 Å². The van der Waals surface area contributed by atoms with Gasteiger partial charge in [0.05, 0.1) is 11.6 Å². The molecule has 2 aromatic carbocycles. The number of benzene rings is 2. The molecular formula is C26H28F4N2S. The molecular weight excluding hydrogens is 448 g/mol. The van der Waals surface area contributed by atoms with E-state index >= 15 is 0 Å². The Labute approximate surface area is 196 Å². The van der Waals surface area contributed by atoms with Crippen molar-refractivity contribution >= 4 is 11.3 Å². The molecule has 1 aromatic heterocycles. The summed E-state index contributed by atoms with van der Waals surface area (Å²) < 4.78 is 52.2. The quantitative estimate of drug-likeness (QED) is 0.318. The highest BCUT2D eigenvalue weighted by Gasteiger charge is 2.30. The average Bonchev–Trinajstić information content (AvgIpc) is 3.11. The van der Waals surface area contributed by atoms with Gasteiger partial charge in [0.15, 0.2) is 0 Å². The van der Waals surface area contributed by atoms with Gasteiger partial charge < -0.3 is 5.32 Å². The normalized spacial score (nSPS) is 13.5. The minimum Gasteiger partial charge on any atom is -0.390 e. The first kappa shape index (κ1) is 25.0. The molecule has 0 spiro atoms. The van der Waals surface area contributed by atoms with Crippen LogP contribution in [0.3, 0.4) is 0 Å². The molecule has 0 amide bonds. The Morgan fingerprint density at radius 3 is 2.18 bits per heavy atom. The van der Waals surface area contributed by atoms with Crippen LogP contribution in [0, 0.1) is 19.7 Å². The van der Waals surface area contributed by atoms with Gasteiger partial charge in [0.2, 0.25) is 0 Å². The summed E-state index contributed by atoms with van der Waals surface area (Å²) in [5.41, 5.74) is 2.97. The second-order valence-corrected chi connectivity index (χ2v) is 9.40. The summed E-state index contributed by atoms with van der Waals surface area (Å²) >= 11 is 1.70. The van der Waals surface area contributed by atoms with E-state index in [2.05, 4.69) is 37.1 Å². The molecule has 0 radical (unpaired) electrons. The third-order valence-electron chi connectivity index (χ3n) is 5.64. The van der Waals surface area contributed by atoms with E-state index < -0.39 is 11.7 Å². The Kier molecular flexibility index (Phi) is 7.97. The first-order valence-corrected chi connectivity index (χ1v) is 11.5. The molecule has 3 rings (SSSR count). The molecule has 176 valence electrons. The predicted octanol–water partition coefficient (Wildman–Crippen LogP) is 7.26. The lowest BCUT2D eigenvalue weighted by molar-refractivity contribution is -0.137. The van der Waals surface area contributed by atoms with E-state index in [0.717, 1.165) is 34.5 Å². The number of nitrogens with one attached hydrogen (secondary N) is 2. The number of rotatable bonds is 9. The molecule has 0 saturated carbocycles. The minimum absolute atomic E-state index is 0.0638. The monoisotopic (exact) mass is 476 g/mol. The molecule has 0 aliphatic carbocycles. The molecule has 0 aliphatic heterocycles. The van der Waals surface area contributed by atoms with Crippen LogP contribution in [0.5, 0.6) is 0 Å². The Bertz CT molecular complexity index is 1070. The van der Waals surface area contributed by atoms with Crippen molar-refractivity contribution in [2.24, 2.45) is 0 Å². The van der Waals surface area contributed by atoms with Gasteiger partial charge in [-0.05, 0) is 73.7 Å². The lowest BCUT2D eigenvalue weighted by Gasteiger charge is -2.28. The smallest absolute Gasteiger partial charge is 0.390 e. The lowest BCUT2D eigenvalue weighted by Crippen LogP contribution is -2.31. The van der Waals surface area contributed by atoms with Crippen molar-refractivity contribution in [1.82, 2.24) is 10.6 Å². The summed E-state index contributed by atoms with van der Waals surface area (Å²) in [6, 6.07) is 13.4. The van der Waals surface area contributed by atoms with Crippen molar-refractivity contribution in [3.8, 4) is 0 Å². The number of likely N-dealkylation sites (N-methyl/N-ethyl adjacent to an activating group) is 1. The van der Waals surface area contributed by atoms with Crippen molar-refractivity contribution in [1.29, 1.82) is 0 Å². The fraction of sp³-hybridized carbons (Fsp3) is 0.308. The zero-order valence-electron chi connectivity index (χ0n) is 18.9. The summed E-state index contributed by atoms with van der Waals surface area (Å²) in [6.45, 7) is 8.24. The van der Waals surface area contributed by atoms with Crippen molar-refractivity contribution < 1.29 is 17.6 Å². The molecule has 0 unspecified atom stereocenters. The van der Waals surface area contributed by atoms with Gasteiger partial charge in [-0.1, -0.05) is 30.8 Å². The highest BCUT2D eigenvalue weighted by molar-refractivity contribution is 7.12. The minimum atomic E-state index is -4.34. The molecule has 2 N–H and O–H groups in total. The van der Waals surface area contributed by atoms with Crippen LogP contribution in [0.1, 0.15) is 50.5 Å². The van der Waals surface area contributed by atoms with E-state index in [-0.39, 0.29) is 17.9 Å². The predicted molar refractivity (Wildman–Crippen MR) is 127 cm³/mol. The van der Waals surface area contributed by atoms with E-state index in [1.165, 1.54) is 34.0 Å². The molecule has 33 heavy (non-hydrogen) atoms. The van der Waals surface area contributed by atoms with Gasteiger partial charge >= 0.3 is 6.18 Å². The molecule has 0 aliphatic rings. The van der Waals surface area contributed by atoms with E-state index in [9.17, 15) is 17.6 Å². The fourth-order valence-corrected chi connectivity index (χ4v) is 5.00. The van der Waals surface area contributed by atoms with Crippen LogP contribution >= 0.6 is 11.3 Å². The molecule has 0 fully saturated rings. The largest absolute Gasteiger partial charge is 0.416 e. The first-order valence-electron chi connectivity index (χ1n) is 10.7. The van der Waals surface area contributed by atoms with Crippen LogP contribution in [-0.4, -0.2) is 7.05 Å². The molecule has 7 heteroatoms. The third kappa shape index (κ3) is 6.45. The highest BCUT2D eigenvalue weighted by atomic mass is 32.1. The number of alkyl halides is 3. The SMILES string of the molecule is C=C(NC)[C@@H](N[C@@H](CCc1ccc(C(F)(F)F)cc1)c1sc(C)cc1C)c1ccc(F)cc1. The summed E-state index contributed by atoms with van der Waals surface area (Å²) in [7, 11) is 1.79. The Morgan fingerprint density at radius 2 is 1.67 bits per heavy atom. The number of hydrogen-bond acceptors (Lipinski definition) is 3. The zero-order chi connectivity index (χ0) is 24.2. The third-order valence-corrected chi connectivity index (χ3v) is 6.91. The first-order chi connectivity index (χ1) is 15.6. The van der Waals surface area contributed by atoms with Crippen LogP contribution < -0.4 is 10.6 Å². The number of halogens is 4. The van der Waals surface area contributed by atoms with E-state index in [1.807, 2.05) is 0 Å². The maximum Gasteiger partial charge on any atom is 0.416 e. The van der Waals surface area contributed by atoms with Gasteiger partial charge in [-0.25, -0.2) is 4.39 Å². The van der Waals surface area contributed by atoms with E-state index in [1.54, 1.807) is 30.5 Å². The number of thiophene rings is 1. The summed E-state index contributed by atoms with van der Waals surface area (Å²) in [6.07, 6.45) is -3.06. The summed E-state index contributed by atoms with van der Waals surface area (Å²) in [5.74, 6) is -0.309. The zero-order valence-corrected chi connectivity index (χ0v) is 19.7. The van der Waals surface area contributed by atoms with E-state index in [0.29, 0.717) is 12.8 Å². The Morgan fingerprint density at radius 1 is 1.03 bits per heavy atom. The van der Waals surface area contributed by atoms with Gasteiger partial charge in [0.1, 0.15) is 5.82 Å². The molecule has 0 saturated heterocycles. The van der Waals surface area contributed by atoms with Crippen molar-refractivity contribution in [3.63, 3.8) is 0 Å². The van der Waals surface area contributed by atoms with Crippen LogP contribution in [-0.2, 0) is 12.6 Å². The molecule has 0 bridgehead atoms. The standard InChI is InChI=1S/C26H28F4N2S/c1-16-15-17(2)33-25(16)23(14-7-19-5-10-21(11-6-19)26(28,29)30)32-24(18(3)31-4)20-8-12-22(27)13-9-20/h5-6,8-13,15,23-24,31-32H,3,7,14H2,1-2,4H3/t23-,24+/m0/s1. The lowest BCUT2D eigenvalue weighted by atomic mass is 9.98. The second-order valence-electron chi connectivity index (χ2n) is 8.12. The van der Waals surface area contributed by atoms with Crippen molar-refractivity contribution in [3.05, 3.63) is 105 Å². The van der Waals surface area contributed by atoms with Crippen molar-refractivity contribution in [2.45, 2.75) is 44.9 Å². The molecule has 1 heterocycles. The van der Waals surface area contributed by atoms with Gasteiger partial charge in [0, 0.05) is 28.5 Å². The molecule has 3 aromatic rings. The Hall–Kier alpha value is -2.64. The number of hydrogen-bond donors (Lipinski definition) is 2. The van der Waals surface area contributed by atoms with Crippen LogP contribution in [0.4, 0.5) is 17.6 Å². The summed E-state index contributed by atoms with van der Waals surface area (Å²) in [5, 5.41) is 6.76. The Balaban J connectivity index is 1.86. The highest BCUT2D eigenvalue weighted by Crippen LogP contribution is 2.34. The van der Waals surface area contributed by atoms with E-state index in [4.69, 9.17) is 0 Å². The van der Waals surface area contributed by atoms with Crippen molar-refractivity contribution in [2.75, 3.05) is 7.05 Å². The maximum absolute atomic E-state index is 13.5.